The summed E-state index contributed by atoms with van der Waals surface area (Å²) in [5, 5.41) is 3.10. The van der Waals surface area contributed by atoms with Gasteiger partial charge in [0.1, 0.15) is 0 Å². The molecule has 1 aliphatic carbocycles. The zero-order valence-electron chi connectivity index (χ0n) is 15.2. The van der Waals surface area contributed by atoms with Crippen molar-refractivity contribution < 1.29 is 9.59 Å². The SMILES string of the molecule is O=C(Nc1ccccc1N1CCc2ccccc21)[C@H]1CC(=O)N(C2CC2)C1. The van der Waals surface area contributed by atoms with E-state index < -0.39 is 0 Å². The molecule has 0 unspecified atom stereocenters. The summed E-state index contributed by atoms with van der Waals surface area (Å²) in [5.41, 5.74) is 4.37. The molecule has 0 bridgehead atoms. The van der Waals surface area contributed by atoms with Gasteiger partial charge in [-0.2, -0.15) is 0 Å². The van der Waals surface area contributed by atoms with Gasteiger partial charge in [-0.15, -0.1) is 0 Å². The van der Waals surface area contributed by atoms with E-state index in [1.807, 2.05) is 29.2 Å². The van der Waals surface area contributed by atoms with Crippen molar-refractivity contribution >= 4 is 28.9 Å². The summed E-state index contributed by atoms with van der Waals surface area (Å²) >= 11 is 0. The predicted octanol–water partition coefficient (Wildman–Crippen LogP) is 3.33. The molecule has 5 rings (SSSR count). The molecule has 1 N–H and O–H groups in total. The zero-order chi connectivity index (χ0) is 18.4. The van der Waals surface area contributed by atoms with Crippen LogP contribution in [0.4, 0.5) is 17.1 Å². The van der Waals surface area contributed by atoms with E-state index in [1.54, 1.807) is 0 Å². The van der Waals surface area contributed by atoms with Gasteiger partial charge in [0.15, 0.2) is 0 Å². The van der Waals surface area contributed by atoms with Gasteiger partial charge in [-0.25, -0.2) is 0 Å². The second-order valence-corrected chi connectivity index (χ2v) is 7.72. The molecule has 1 saturated carbocycles. The number of rotatable bonds is 4. The van der Waals surface area contributed by atoms with E-state index in [9.17, 15) is 9.59 Å². The molecule has 0 aromatic heterocycles. The molecule has 1 atom stereocenters. The Morgan fingerprint density at radius 2 is 1.74 bits per heavy atom. The van der Waals surface area contributed by atoms with E-state index >= 15 is 0 Å². The van der Waals surface area contributed by atoms with Crippen LogP contribution in [0.2, 0.25) is 0 Å². The lowest BCUT2D eigenvalue weighted by molar-refractivity contribution is -0.128. The fourth-order valence-corrected chi connectivity index (χ4v) is 4.28. The average Bonchev–Trinajstić information content (AvgIpc) is 3.32. The summed E-state index contributed by atoms with van der Waals surface area (Å²) in [7, 11) is 0. The molecule has 0 spiro atoms. The Morgan fingerprint density at radius 1 is 1.00 bits per heavy atom. The van der Waals surface area contributed by atoms with E-state index in [-0.39, 0.29) is 17.7 Å². The molecule has 1 saturated heterocycles. The summed E-state index contributed by atoms with van der Waals surface area (Å²) in [6, 6.07) is 16.7. The molecule has 5 heteroatoms. The Kier molecular flexibility index (Phi) is 3.88. The molecule has 2 amide bonds. The third kappa shape index (κ3) is 2.97. The number of carbonyl (C=O) groups excluding carboxylic acids is 2. The summed E-state index contributed by atoms with van der Waals surface area (Å²) in [4.78, 5) is 29.2. The van der Waals surface area contributed by atoms with Crippen molar-refractivity contribution in [3.63, 3.8) is 0 Å². The van der Waals surface area contributed by atoms with Gasteiger partial charge in [-0.3, -0.25) is 9.59 Å². The van der Waals surface area contributed by atoms with Gasteiger partial charge in [0.2, 0.25) is 11.8 Å². The van der Waals surface area contributed by atoms with Crippen LogP contribution in [-0.4, -0.2) is 35.8 Å². The standard InChI is InChI=1S/C22H23N3O2/c26-21-13-16(14-25(21)17-9-10-17)22(27)23-18-6-2-4-8-20(18)24-12-11-15-5-1-3-7-19(15)24/h1-8,16-17H,9-14H2,(H,23,27)/t16-/m0/s1. The minimum Gasteiger partial charge on any atom is -0.339 e. The van der Waals surface area contributed by atoms with Crippen molar-refractivity contribution in [3.8, 4) is 0 Å². The number of nitrogens with zero attached hydrogens (tertiary/aromatic N) is 2. The Labute approximate surface area is 159 Å². The van der Waals surface area contributed by atoms with Gasteiger partial charge in [0.05, 0.1) is 17.3 Å². The number of hydrogen-bond acceptors (Lipinski definition) is 3. The van der Waals surface area contributed by atoms with E-state index in [0.717, 1.165) is 37.2 Å². The Hall–Kier alpha value is -2.82. The molecule has 3 aliphatic rings. The van der Waals surface area contributed by atoms with Crippen molar-refractivity contribution in [2.75, 3.05) is 23.3 Å². The molecule has 0 radical (unpaired) electrons. The average molecular weight is 361 g/mol. The Morgan fingerprint density at radius 3 is 2.56 bits per heavy atom. The van der Waals surface area contributed by atoms with Crippen LogP contribution < -0.4 is 10.2 Å². The first-order valence-corrected chi connectivity index (χ1v) is 9.75. The summed E-state index contributed by atoms with van der Waals surface area (Å²) in [5.74, 6) is -0.178. The minimum absolute atomic E-state index is 0.0496. The molecular formula is C22H23N3O2. The summed E-state index contributed by atoms with van der Waals surface area (Å²) in [6.07, 6.45) is 3.50. The maximum atomic E-state index is 12.9. The van der Waals surface area contributed by atoms with Crippen molar-refractivity contribution in [3.05, 3.63) is 54.1 Å². The molecule has 2 aromatic rings. The van der Waals surface area contributed by atoms with Crippen molar-refractivity contribution in [2.24, 2.45) is 5.92 Å². The highest BCUT2D eigenvalue weighted by molar-refractivity contribution is 6.00. The Bertz CT molecular complexity index is 906. The number of benzene rings is 2. The lowest BCUT2D eigenvalue weighted by Crippen LogP contribution is -2.30. The van der Waals surface area contributed by atoms with Crippen molar-refractivity contribution in [1.29, 1.82) is 0 Å². The van der Waals surface area contributed by atoms with Gasteiger partial charge >= 0.3 is 0 Å². The molecule has 27 heavy (non-hydrogen) atoms. The van der Waals surface area contributed by atoms with Gasteiger partial charge in [-0.1, -0.05) is 30.3 Å². The third-order valence-corrected chi connectivity index (χ3v) is 5.86. The van der Waals surface area contributed by atoms with E-state index in [2.05, 4.69) is 34.5 Å². The summed E-state index contributed by atoms with van der Waals surface area (Å²) in [6.45, 7) is 1.47. The number of carbonyl (C=O) groups is 2. The first-order chi connectivity index (χ1) is 13.2. The number of nitrogens with one attached hydrogen (secondary N) is 1. The van der Waals surface area contributed by atoms with Gasteiger partial charge in [-0.05, 0) is 43.0 Å². The van der Waals surface area contributed by atoms with Crippen LogP contribution >= 0.6 is 0 Å². The van der Waals surface area contributed by atoms with Gasteiger partial charge in [0, 0.05) is 31.2 Å². The Balaban J connectivity index is 1.36. The molecule has 5 nitrogen and oxygen atoms in total. The van der Waals surface area contributed by atoms with Crippen molar-refractivity contribution in [2.45, 2.75) is 31.7 Å². The molecular weight excluding hydrogens is 338 g/mol. The first-order valence-electron chi connectivity index (χ1n) is 9.75. The van der Waals surface area contributed by atoms with Crippen LogP contribution in [0, 0.1) is 5.92 Å². The normalized spacial score (nSPS) is 21.5. The van der Waals surface area contributed by atoms with E-state index in [0.29, 0.717) is 19.0 Å². The lowest BCUT2D eigenvalue weighted by Gasteiger charge is -2.23. The van der Waals surface area contributed by atoms with E-state index in [1.165, 1.54) is 11.3 Å². The van der Waals surface area contributed by atoms with E-state index in [4.69, 9.17) is 0 Å². The predicted molar refractivity (Wildman–Crippen MR) is 105 cm³/mol. The second kappa shape index (κ2) is 6.41. The molecule has 2 heterocycles. The van der Waals surface area contributed by atoms with Crippen LogP contribution in [0.3, 0.4) is 0 Å². The molecule has 2 fully saturated rings. The lowest BCUT2D eigenvalue weighted by atomic mass is 10.1. The number of anilines is 3. The maximum absolute atomic E-state index is 12.9. The monoisotopic (exact) mass is 361 g/mol. The minimum atomic E-state index is -0.253. The van der Waals surface area contributed by atoms with Crippen LogP contribution in [0.5, 0.6) is 0 Å². The first kappa shape index (κ1) is 16.4. The number of para-hydroxylation sites is 3. The molecule has 2 aromatic carbocycles. The number of fused-ring (bicyclic) bond motifs is 1. The van der Waals surface area contributed by atoms with Crippen LogP contribution in [-0.2, 0) is 16.0 Å². The number of hydrogen-bond donors (Lipinski definition) is 1. The van der Waals surface area contributed by atoms with Gasteiger partial charge < -0.3 is 15.1 Å². The maximum Gasteiger partial charge on any atom is 0.229 e. The quantitative estimate of drug-likeness (QED) is 0.909. The second-order valence-electron chi connectivity index (χ2n) is 7.72. The van der Waals surface area contributed by atoms with Crippen LogP contribution in [0.1, 0.15) is 24.8 Å². The number of amides is 2. The molecule has 138 valence electrons. The molecule has 2 aliphatic heterocycles. The highest BCUT2D eigenvalue weighted by Crippen LogP contribution is 2.39. The van der Waals surface area contributed by atoms with Crippen LogP contribution in [0.25, 0.3) is 0 Å². The van der Waals surface area contributed by atoms with Crippen molar-refractivity contribution in [1.82, 2.24) is 4.90 Å². The fraction of sp³-hybridized carbons (Fsp3) is 0.364. The van der Waals surface area contributed by atoms with Gasteiger partial charge in [0.25, 0.3) is 0 Å². The fourth-order valence-electron chi connectivity index (χ4n) is 4.28. The smallest absolute Gasteiger partial charge is 0.229 e. The highest BCUT2D eigenvalue weighted by atomic mass is 16.2. The largest absolute Gasteiger partial charge is 0.339 e. The zero-order valence-corrected chi connectivity index (χ0v) is 15.2. The topological polar surface area (TPSA) is 52.7 Å². The third-order valence-electron chi connectivity index (χ3n) is 5.86. The summed E-state index contributed by atoms with van der Waals surface area (Å²) < 4.78 is 0. The van der Waals surface area contributed by atoms with Crippen LogP contribution in [0.15, 0.2) is 48.5 Å². The number of likely N-dealkylation sites (tertiary alicyclic amines) is 1. The highest BCUT2D eigenvalue weighted by Gasteiger charge is 2.41.